The minimum Gasteiger partial charge on any atom is -0.342 e. The molecule has 0 aromatic heterocycles. The molecule has 0 aliphatic heterocycles. The number of rotatable bonds is 5. The fraction of sp³-hybridized carbons (Fsp3) is 0.533. The number of benzene rings is 1. The Labute approximate surface area is 109 Å². The molecule has 1 aliphatic rings. The van der Waals surface area contributed by atoms with E-state index in [0.29, 0.717) is 12.5 Å². The van der Waals surface area contributed by atoms with E-state index in [1.807, 2.05) is 36.9 Å². The Balaban J connectivity index is 2.32. The highest BCUT2D eigenvalue weighted by Crippen LogP contribution is 2.54. The van der Waals surface area contributed by atoms with E-state index in [4.69, 9.17) is 5.73 Å². The largest absolute Gasteiger partial charge is 0.342 e. The summed E-state index contributed by atoms with van der Waals surface area (Å²) in [6.07, 6.45) is 0.892. The van der Waals surface area contributed by atoms with E-state index in [1.54, 1.807) is 0 Å². The van der Waals surface area contributed by atoms with Crippen LogP contribution in [0.3, 0.4) is 0 Å². The standard InChI is InChI=1S/C15H22N2O/c1-3-17(4-2)14(18)15(10-13(15)11-16)12-8-6-5-7-9-12/h5-9,13H,3-4,10-11,16H2,1-2H3/i14+2. The summed E-state index contributed by atoms with van der Waals surface area (Å²) in [5, 5.41) is 0. The molecular formula is C15H22N2O. The second kappa shape index (κ2) is 5.11. The topological polar surface area (TPSA) is 46.3 Å². The summed E-state index contributed by atoms with van der Waals surface area (Å²) in [6.45, 7) is 6.17. The van der Waals surface area contributed by atoms with Crippen molar-refractivity contribution in [1.82, 2.24) is 4.90 Å². The van der Waals surface area contributed by atoms with Crippen LogP contribution in [0.2, 0.25) is 0 Å². The molecule has 98 valence electrons. The lowest BCUT2D eigenvalue weighted by atomic mass is 10.0. The summed E-state index contributed by atoms with van der Waals surface area (Å²) in [6, 6.07) is 10.1. The highest BCUT2D eigenvalue weighted by atomic mass is 16.3. The zero-order chi connectivity index (χ0) is 13.2. The molecule has 3 heteroatoms. The van der Waals surface area contributed by atoms with Gasteiger partial charge in [-0.15, -0.1) is 0 Å². The lowest BCUT2D eigenvalue weighted by molar-refractivity contribution is -0.134. The van der Waals surface area contributed by atoms with Crippen LogP contribution in [-0.2, 0) is 10.2 Å². The predicted molar refractivity (Wildman–Crippen MR) is 73.2 cm³/mol. The average molecular weight is 248 g/mol. The van der Waals surface area contributed by atoms with Crippen molar-refractivity contribution in [2.45, 2.75) is 25.7 Å². The molecule has 0 radical (unpaired) electrons. The first-order valence-corrected chi connectivity index (χ1v) is 6.75. The third-order valence-corrected chi connectivity index (χ3v) is 4.11. The van der Waals surface area contributed by atoms with Gasteiger partial charge in [0.05, 0.1) is 5.41 Å². The van der Waals surface area contributed by atoms with E-state index >= 15 is 0 Å². The first-order valence-electron chi connectivity index (χ1n) is 6.75. The molecule has 1 aromatic carbocycles. The molecule has 0 spiro atoms. The molecule has 1 saturated carbocycles. The summed E-state index contributed by atoms with van der Waals surface area (Å²) < 4.78 is 0. The Hall–Kier alpha value is -1.35. The molecule has 0 saturated heterocycles. The zero-order valence-corrected chi connectivity index (χ0v) is 11.2. The third-order valence-electron chi connectivity index (χ3n) is 4.11. The van der Waals surface area contributed by atoms with Gasteiger partial charge in [0.25, 0.3) is 0 Å². The second-order valence-electron chi connectivity index (χ2n) is 4.95. The summed E-state index contributed by atoms with van der Waals surface area (Å²) >= 11 is 0. The Morgan fingerprint density at radius 3 is 2.39 bits per heavy atom. The van der Waals surface area contributed by atoms with Crippen molar-refractivity contribution < 1.29 is 4.79 Å². The maximum Gasteiger partial charge on any atom is 0.233 e. The minimum absolute atomic E-state index is 0.245. The number of nitrogens with zero attached hydrogens (tertiary/aromatic N) is 1. The van der Waals surface area contributed by atoms with Crippen molar-refractivity contribution in [2.75, 3.05) is 19.6 Å². The molecule has 2 unspecified atom stereocenters. The number of likely N-dealkylation sites (N-methyl/N-ethyl adjacent to an activating group) is 1. The highest BCUT2D eigenvalue weighted by Gasteiger charge is 2.61. The Morgan fingerprint density at radius 2 is 1.94 bits per heavy atom. The van der Waals surface area contributed by atoms with Crippen LogP contribution in [0.1, 0.15) is 25.8 Å². The first kappa shape index (κ1) is 13.1. The van der Waals surface area contributed by atoms with Crippen molar-refractivity contribution >= 4 is 5.91 Å². The van der Waals surface area contributed by atoms with Crippen molar-refractivity contribution in [1.29, 1.82) is 0 Å². The van der Waals surface area contributed by atoms with Crippen LogP contribution >= 0.6 is 0 Å². The summed E-state index contributed by atoms with van der Waals surface area (Å²) in [7, 11) is 0. The van der Waals surface area contributed by atoms with E-state index in [2.05, 4.69) is 12.1 Å². The van der Waals surface area contributed by atoms with Crippen LogP contribution in [0.25, 0.3) is 0 Å². The van der Waals surface area contributed by atoms with Gasteiger partial charge in [-0.05, 0) is 38.3 Å². The van der Waals surface area contributed by atoms with Crippen LogP contribution in [0.15, 0.2) is 30.3 Å². The molecule has 0 heterocycles. The van der Waals surface area contributed by atoms with Gasteiger partial charge >= 0.3 is 0 Å². The maximum absolute atomic E-state index is 12.7. The molecule has 1 aliphatic carbocycles. The molecular weight excluding hydrogens is 226 g/mol. The van der Waals surface area contributed by atoms with Crippen LogP contribution in [0.5, 0.6) is 0 Å². The monoisotopic (exact) mass is 248 g/mol. The molecule has 18 heavy (non-hydrogen) atoms. The van der Waals surface area contributed by atoms with Gasteiger partial charge in [0, 0.05) is 13.1 Å². The van der Waals surface area contributed by atoms with Gasteiger partial charge in [-0.1, -0.05) is 30.3 Å². The minimum atomic E-state index is -0.345. The number of carbonyl (C=O) groups is 1. The predicted octanol–water partition coefficient (Wildman–Crippen LogP) is 1.77. The lowest BCUT2D eigenvalue weighted by Gasteiger charge is -2.26. The summed E-state index contributed by atoms with van der Waals surface area (Å²) in [5.74, 6) is 0.544. The van der Waals surface area contributed by atoms with Gasteiger partial charge in [-0.3, -0.25) is 4.79 Å². The first-order chi connectivity index (χ1) is 8.70. The molecule has 2 N–H and O–H groups in total. The van der Waals surface area contributed by atoms with Gasteiger partial charge in [0.2, 0.25) is 5.91 Å². The Morgan fingerprint density at radius 1 is 1.33 bits per heavy atom. The van der Waals surface area contributed by atoms with E-state index in [0.717, 1.165) is 25.1 Å². The fourth-order valence-corrected chi connectivity index (χ4v) is 2.88. The quantitative estimate of drug-likeness (QED) is 0.863. The molecule has 1 fully saturated rings. The van der Waals surface area contributed by atoms with Crippen molar-refractivity contribution in [3.63, 3.8) is 0 Å². The van der Waals surface area contributed by atoms with E-state index in [9.17, 15) is 4.79 Å². The van der Waals surface area contributed by atoms with Crippen LogP contribution in [-0.4, -0.2) is 30.4 Å². The van der Waals surface area contributed by atoms with E-state index < -0.39 is 0 Å². The zero-order valence-electron chi connectivity index (χ0n) is 11.2. The number of amides is 1. The van der Waals surface area contributed by atoms with Gasteiger partial charge in [-0.25, -0.2) is 0 Å². The van der Waals surface area contributed by atoms with Gasteiger partial charge in [0.1, 0.15) is 0 Å². The lowest BCUT2D eigenvalue weighted by Crippen LogP contribution is -2.40. The molecule has 2 atom stereocenters. The van der Waals surface area contributed by atoms with Crippen LogP contribution in [0.4, 0.5) is 0 Å². The molecule has 3 nitrogen and oxygen atoms in total. The van der Waals surface area contributed by atoms with Gasteiger partial charge in [-0.2, -0.15) is 0 Å². The van der Waals surface area contributed by atoms with Crippen LogP contribution < -0.4 is 5.73 Å². The van der Waals surface area contributed by atoms with Crippen molar-refractivity contribution in [2.24, 2.45) is 11.7 Å². The number of hydrogen-bond acceptors (Lipinski definition) is 2. The fourth-order valence-electron chi connectivity index (χ4n) is 2.88. The Bertz CT molecular complexity index is 414. The SMILES string of the molecule is CCN(CC)[14C](=O)C1(c2ccccc2)CC1CN. The van der Waals surface area contributed by atoms with Crippen LogP contribution in [0, 0.1) is 5.92 Å². The van der Waals surface area contributed by atoms with Crippen molar-refractivity contribution in [3.05, 3.63) is 35.9 Å². The van der Waals surface area contributed by atoms with Gasteiger partial charge in [0.15, 0.2) is 0 Å². The summed E-state index contributed by atoms with van der Waals surface area (Å²) in [5.41, 5.74) is 6.57. The highest BCUT2D eigenvalue weighted by molar-refractivity contribution is 5.92. The average Bonchev–Trinajstić information content (AvgIpc) is 3.17. The number of nitrogens with two attached hydrogens (primary N) is 1. The van der Waals surface area contributed by atoms with E-state index in [-0.39, 0.29) is 11.3 Å². The normalized spacial score (nSPS) is 25.8. The number of hydrogen-bond donors (Lipinski definition) is 1. The molecule has 2 rings (SSSR count). The molecule has 0 bridgehead atoms. The van der Waals surface area contributed by atoms with Crippen molar-refractivity contribution in [3.8, 4) is 0 Å². The molecule has 1 amide bonds. The second-order valence-corrected chi connectivity index (χ2v) is 4.95. The van der Waals surface area contributed by atoms with E-state index in [1.165, 1.54) is 0 Å². The molecule has 1 aromatic rings. The number of carbonyl (C=O) groups excluding carboxylic acids is 1. The summed E-state index contributed by atoms with van der Waals surface area (Å²) in [4.78, 5) is 14.6. The van der Waals surface area contributed by atoms with Gasteiger partial charge < -0.3 is 10.6 Å². The maximum atomic E-state index is 12.7. The smallest absolute Gasteiger partial charge is 0.233 e. The Kier molecular flexibility index (Phi) is 3.71. The third kappa shape index (κ3) is 1.93.